The molecule has 0 aliphatic heterocycles. The van der Waals surface area contributed by atoms with E-state index in [0.717, 1.165) is 0 Å². The summed E-state index contributed by atoms with van der Waals surface area (Å²) in [7, 11) is 0. The Morgan fingerprint density at radius 3 is 2.23 bits per heavy atom. The number of hydrogen-bond donors (Lipinski definition) is 1. The van der Waals surface area contributed by atoms with Gasteiger partial charge in [0.2, 0.25) is 5.91 Å². The SMILES string of the molecule is CC.CCC(=O)NC1CCCCC1. The third-order valence-corrected chi connectivity index (χ3v) is 2.29. The van der Waals surface area contributed by atoms with Gasteiger partial charge >= 0.3 is 0 Å². The summed E-state index contributed by atoms with van der Waals surface area (Å²) >= 11 is 0. The Balaban J connectivity index is 0.000000671. The van der Waals surface area contributed by atoms with E-state index in [4.69, 9.17) is 0 Å². The summed E-state index contributed by atoms with van der Waals surface area (Å²) in [4.78, 5) is 11.0. The molecule has 2 heteroatoms. The molecule has 1 fully saturated rings. The topological polar surface area (TPSA) is 29.1 Å². The maximum absolute atomic E-state index is 11.0. The third-order valence-electron chi connectivity index (χ3n) is 2.29. The van der Waals surface area contributed by atoms with Gasteiger partial charge in [-0.1, -0.05) is 40.0 Å². The molecule has 1 aliphatic carbocycles. The molecule has 1 aliphatic rings. The van der Waals surface area contributed by atoms with Gasteiger partial charge in [0, 0.05) is 12.5 Å². The number of hydrogen-bond acceptors (Lipinski definition) is 1. The summed E-state index contributed by atoms with van der Waals surface area (Å²) in [6, 6.07) is 0.483. The lowest BCUT2D eigenvalue weighted by molar-refractivity contribution is -0.121. The van der Waals surface area contributed by atoms with Crippen LogP contribution >= 0.6 is 0 Å². The number of carbonyl (C=O) groups excluding carboxylic acids is 1. The first kappa shape index (κ1) is 12.5. The third kappa shape index (κ3) is 5.67. The Morgan fingerprint density at radius 2 is 1.77 bits per heavy atom. The maximum Gasteiger partial charge on any atom is 0.219 e. The van der Waals surface area contributed by atoms with E-state index >= 15 is 0 Å². The molecule has 78 valence electrons. The van der Waals surface area contributed by atoms with E-state index in [0.29, 0.717) is 12.5 Å². The van der Waals surface area contributed by atoms with Crippen molar-refractivity contribution in [3.8, 4) is 0 Å². The number of amides is 1. The molecule has 13 heavy (non-hydrogen) atoms. The van der Waals surface area contributed by atoms with E-state index in [9.17, 15) is 4.79 Å². The van der Waals surface area contributed by atoms with Crippen LogP contribution in [-0.2, 0) is 4.79 Å². The largest absolute Gasteiger partial charge is 0.353 e. The van der Waals surface area contributed by atoms with Gasteiger partial charge in [0.15, 0.2) is 0 Å². The fourth-order valence-corrected chi connectivity index (χ4v) is 1.58. The van der Waals surface area contributed by atoms with E-state index in [-0.39, 0.29) is 5.91 Å². The minimum absolute atomic E-state index is 0.205. The van der Waals surface area contributed by atoms with E-state index in [1.807, 2.05) is 20.8 Å². The predicted octanol–water partition coefficient (Wildman–Crippen LogP) is 2.87. The van der Waals surface area contributed by atoms with Gasteiger partial charge in [0.25, 0.3) is 0 Å². The highest BCUT2D eigenvalue weighted by Gasteiger charge is 2.13. The van der Waals surface area contributed by atoms with Crippen molar-refractivity contribution in [3.05, 3.63) is 0 Å². The van der Waals surface area contributed by atoms with Crippen LogP contribution in [0.5, 0.6) is 0 Å². The standard InChI is InChI=1S/C9H17NO.C2H6/c1-2-9(11)10-8-6-4-3-5-7-8;1-2/h8H,2-7H2,1H3,(H,10,11);1-2H3. The van der Waals surface area contributed by atoms with Gasteiger partial charge in [0.05, 0.1) is 0 Å². The lowest BCUT2D eigenvalue weighted by Gasteiger charge is -2.22. The summed E-state index contributed by atoms with van der Waals surface area (Å²) in [5.74, 6) is 0.205. The van der Waals surface area contributed by atoms with E-state index < -0.39 is 0 Å². The molecule has 1 amide bonds. The lowest BCUT2D eigenvalue weighted by Crippen LogP contribution is -2.35. The second-order valence-corrected chi connectivity index (χ2v) is 3.26. The van der Waals surface area contributed by atoms with Crippen LogP contribution < -0.4 is 5.32 Å². The molecule has 1 saturated carbocycles. The van der Waals surface area contributed by atoms with Crippen molar-refractivity contribution in [2.45, 2.75) is 65.3 Å². The van der Waals surface area contributed by atoms with Crippen molar-refractivity contribution >= 4 is 5.91 Å². The van der Waals surface area contributed by atoms with Crippen molar-refractivity contribution < 1.29 is 4.79 Å². The summed E-state index contributed by atoms with van der Waals surface area (Å²) in [5, 5.41) is 3.03. The van der Waals surface area contributed by atoms with E-state index in [1.54, 1.807) is 0 Å². The van der Waals surface area contributed by atoms with Crippen molar-refractivity contribution in [3.63, 3.8) is 0 Å². The van der Waals surface area contributed by atoms with Crippen molar-refractivity contribution in [1.82, 2.24) is 5.32 Å². The summed E-state index contributed by atoms with van der Waals surface area (Å²) in [6.07, 6.45) is 6.91. The molecule has 0 aromatic carbocycles. The maximum atomic E-state index is 11.0. The highest BCUT2D eigenvalue weighted by atomic mass is 16.1. The predicted molar refractivity (Wildman–Crippen MR) is 56.7 cm³/mol. The zero-order valence-corrected chi connectivity index (χ0v) is 9.23. The Morgan fingerprint density at radius 1 is 1.23 bits per heavy atom. The Bertz CT molecular complexity index is 128. The molecular formula is C11H23NO. The van der Waals surface area contributed by atoms with Crippen LogP contribution in [0.25, 0.3) is 0 Å². The summed E-state index contributed by atoms with van der Waals surface area (Å²) in [6.45, 7) is 5.90. The fourth-order valence-electron chi connectivity index (χ4n) is 1.58. The van der Waals surface area contributed by atoms with Gasteiger partial charge in [-0.15, -0.1) is 0 Å². The van der Waals surface area contributed by atoms with Crippen molar-refractivity contribution in [1.29, 1.82) is 0 Å². The first-order valence-electron chi connectivity index (χ1n) is 5.62. The zero-order chi connectivity index (χ0) is 10.1. The monoisotopic (exact) mass is 185 g/mol. The average molecular weight is 185 g/mol. The highest BCUT2D eigenvalue weighted by Crippen LogP contribution is 2.17. The van der Waals surface area contributed by atoms with Crippen LogP contribution in [0.1, 0.15) is 59.3 Å². The van der Waals surface area contributed by atoms with Gasteiger partial charge in [-0.2, -0.15) is 0 Å². The van der Waals surface area contributed by atoms with Gasteiger partial charge in [-0.3, -0.25) is 4.79 Å². The van der Waals surface area contributed by atoms with Crippen LogP contribution in [0.3, 0.4) is 0 Å². The number of nitrogens with one attached hydrogen (secondary N) is 1. The molecule has 2 nitrogen and oxygen atoms in total. The van der Waals surface area contributed by atoms with Gasteiger partial charge < -0.3 is 5.32 Å². The first-order chi connectivity index (χ1) is 6.33. The molecule has 0 heterocycles. The summed E-state index contributed by atoms with van der Waals surface area (Å²) in [5.41, 5.74) is 0. The van der Waals surface area contributed by atoms with Gasteiger partial charge in [0.1, 0.15) is 0 Å². The van der Waals surface area contributed by atoms with Gasteiger partial charge in [-0.05, 0) is 12.8 Å². The molecule has 1 rings (SSSR count). The molecule has 0 bridgehead atoms. The first-order valence-corrected chi connectivity index (χ1v) is 5.62. The van der Waals surface area contributed by atoms with Gasteiger partial charge in [-0.25, -0.2) is 0 Å². The normalized spacial score (nSPS) is 17.2. The van der Waals surface area contributed by atoms with Crippen LogP contribution in [0.15, 0.2) is 0 Å². The second-order valence-electron chi connectivity index (χ2n) is 3.26. The smallest absolute Gasteiger partial charge is 0.219 e. The molecule has 0 radical (unpaired) electrons. The molecule has 0 spiro atoms. The zero-order valence-electron chi connectivity index (χ0n) is 9.23. The van der Waals surface area contributed by atoms with Crippen LogP contribution in [0.2, 0.25) is 0 Å². The lowest BCUT2D eigenvalue weighted by atomic mass is 9.95. The van der Waals surface area contributed by atoms with Crippen molar-refractivity contribution in [2.75, 3.05) is 0 Å². The Labute approximate surface area is 82.1 Å². The van der Waals surface area contributed by atoms with Crippen LogP contribution in [0.4, 0.5) is 0 Å². The molecule has 0 aromatic rings. The summed E-state index contributed by atoms with van der Waals surface area (Å²) < 4.78 is 0. The molecular weight excluding hydrogens is 162 g/mol. The van der Waals surface area contributed by atoms with Crippen LogP contribution in [0, 0.1) is 0 Å². The molecule has 1 N–H and O–H groups in total. The average Bonchev–Trinajstić information content (AvgIpc) is 2.22. The highest BCUT2D eigenvalue weighted by molar-refractivity contribution is 5.75. The minimum Gasteiger partial charge on any atom is -0.353 e. The quantitative estimate of drug-likeness (QED) is 0.704. The second kappa shape index (κ2) is 8.09. The molecule has 0 unspecified atom stereocenters. The minimum atomic E-state index is 0.205. The fraction of sp³-hybridized carbons (Fsp3) is 0.909. The number of rotatable bonds is 2. The molecule has 0 saturated heterocycles. The van der Waals surface area contributed by atoms with Crippen molar-refractivity contribution in [2.24, 2.45) is 0 Å². The van der Waals surface area contributed by atoms with E-state index in [2.05, 4.69) is 5.32 Å². The Kier molecular flexibility index (Phi) is 7.76. The number of carbonyl (C=O) groups is 1. The Hall–Kier alpha value is -0.530. The molecule has 0 atom stereocenters. The van der Waals surface area contributed by atoms with E-state index in [1.165, 1.54) is 32.1 Å². The molecule has 0 aromatic heterocycles. The van der Waals surface area contributed by atoms with Crippen LogP contribution in [-0.4, -0.2) is 11.9 Å².